The van der Waals surface area contributed by atoms with Crippen molar-refractivity contribution in [3.8, 4) is 17.9 Å². The summed E-state index contributed by atoms with van der Waals surface area (Å²) in [5, 5.41) is 21.5. The van der Waals surface area contributed by atoms with Crippen LogP contribution in [-0.2, 0) is 4.79 Å². The lowest BCUT2D eigenvalue weighted by Gasteiger charge is -2.35. The molecule has 1 fully saturated rings. The summed E-state index contributed by atoms with van der Waals surface area (Å²) in [5.41, 5.74) is 1.09. The van der Waals surface area contributed by atoms with Gasteiger partial charge in [0, 0.05) is 29.1 Å². The fourth-order valence-corrected chi connectivity index (χ4v) is 5.50. The zero-order chi connectivity index (χ0) is 25.4. The average Bonchev–Trinajstić information content (AvgIpc) is 3.19. The van der Waals surface area contributed by atoms with E-state index in [1.807, 2.05) is 29.2 Å². The van der Waals surface area contributed by atoms with Crippen LogP contribution in [-0.4, -0.2) is 23.8 Å². The summed E-state index contributed by atoms with van der Waals surface area (Å²) in [6.07, 6.45) is 3.66. The number of benzene rings is 3. The summed E-state index contributed by atoms with van der Waals surface area (Å²) < 4.78 is 5.16. The van der Waals surface area contributed by atoms with Crippen molar-refractivity contribution in [3.05, 3.63) is 101 Å². The number of fused-ring (bicyclic) bond motifs is 3. The number of hydrogen-bond acceptors (Lipinski definition) is 6. The van der Waals surface area contributed by atoms with Gasteiger partial charge in [0.25, 0.3) is 0 Å². The maximum Gasteiger partial charge on any atom is 0.308 e. The van der Waals surface area contributed by atoms with E-state index in [-0.39, 0.29) is 5.78 Å². The van der Waals surface area contributed by atoms with Gasteiger partial charge in [-0.05, 0) is 41.5 Å². The molecule has 36 heavy (non-hydrogen) atoms. The first-order chi connectivity index (χ1) is 17.4. The molecule has 0 saturated carbocycles. The maximum atomic E-state index is 14.1. The number of Topliss-reactive ketones (excluding diaryl/α,β-unsaturated/α-hetero) is 1. The second-order valence-electron chi connectivity index (χ2n) is 8.82. The van der Waals surface area contributed by atoms with E-state index in [1.54, 1.807) is 60.7 Å². The van der Waals surface area contributed by atoms with Crippen LogP contribution in [0.15, 0.2) is 78.9 Å². The molecule has 5 rings (SSSR count). The van der Waals surface area contributed by atoms with E-state index in [1.165, 1.54) is 6.92 Å². The molecule has 3 aromatic carbocycles. The molecule has 176 valence electrons. The van der Waals surface area contributed by atoms with Crippen LogP contribution in [0.3, 0.4) is 0 Å². The number of carbonyl (C=O) groups excluding carboxylic acids is 2. The SMILES string of the molecule is CC(=O)Oc1ccc([C@@H]2[C@H](C(=O)c3ccccc3)N3c4ccc(Cl)cc4C=C[C@H]3C2(C#N)C#N)cc1. The van der Waals surface area contributed by atoms with Crippen LogP contribution in [0.5, 0.6) is 5.75 Å². The van der Waals surface area contributed by atoms with Gasteiger partial charge in [-0.15, -0.1) is 0 Å². The molecule has 0 spiro atoms. The molecule has 0 aromatic heterocycles. The van der Waals surface area contributed by atoms with Crippen molar-refractivity contribution in [3.63, 3.8) is 0 Å². The minimum Gasteiger partial charge on any atom is -0.427 e. The van der Waals surface area contributed by atoms with Crippen LogP contribution < -0.4 is 9.64 Å². The monoisotopic (exact) mass is 493 g/mol. The number of hydrogen-bond donors (Lipinski definition) is 0. The van der Waals surface area contributed by atoms with E-state index in [4.69, 9.17) is 16.3 Å². The molecular formula is C29H20ClN3O3. The Labute approximate surface area is 213 Å². The van der Waals surface area contributed by atoms with Crippen molar-refractivity contribution in [2.45, 2.75) is 24.9 Å². The van der Waals surface area contributed by atoms with Gasteiger partial charge in [0.1, 0.15) is 11.8 Å². The fraction of sp³-hybridized carbons (Fsp3) is 0.172. The normalized spacial score (nSPS) is 21.0. The lowest BCUT2D eigenvalue weighted by molar-refractivity contribution is -0.131. The summed E-state index contributed by atoms with van der Waals surface area (Å²) in [7, 11) is 0. The Balaban J connectivity index is 1.73. The third-order valence-electron chi connectivity index (χ3n) is 6.80. The number of ketones is 1. The summed E-state index contributed by atoms with van der Waals surface area (Å²) in [4.78, 5) is 27.4. The van der Waals surface area contributed by atoms with Gasteiger partial charge in [-0.3, -0.25) is 9.59 Å². The highest BCUT2D eigenvalue weighted by molar-refractivity contribution is 6.30. The van der Waals surface area contributed by atoms with E-state index < -0.39 is 29.4 Å². The number of carbonyl (C=O) groups is 2. The van der Waals surface area contributed by atoms with E-state index in [2.05, 4.69) is 12.1 Å². The van der Waals surface area contributed by atoms with E-state index in [0.717, 1.165) is 11.3 Å². The van der Waals surface area contributed by atoms with Gasteiger partial charge in [0.15, 0.2) is 11.2 Å². The van der Waals surface area contributed by atoms with Crippen molar-refractivity contribution in [2.24, 2.45) is 5.41 Å². The molecule has 0 bridgehead atoms. The smallest absolute Gasteiger partial charge is 0.308 e. The Morgan fingerprint density at radius 3 is 2.33 bits per heavy atom. The molecule has 6 nitrogen and oxygen atoms in total. The summed E-state index contributed by atoms with van der Waals surface area (Å²) in [6.45, 7) is 1.31. The zero-order valence-electron chi connectivity index (χ0n) is 19.3. The standard InChI is InChI=1S/C29H20ClN3O3/c1-18(34)36-23-11-7-19(8-12-23)26-27(28(35)20-5-3-2-4-6-20)33-24-13-10-22(30)15-21(24)9-14-25(33)29(26,16-31)17-32/h2-15,25-27H,1H3/t25-,26+,27+/m0/s1. The molecule has 0 unspecified atom stereocenters. The van der Waals surface area contributed by atoms with Crippen LogP contribution in [0.4, 0.5) is 5.69 Å². The van der Waals surface area contributed by atoms with Gasteiger partial charge >= 0.3 is 5.97 Å². The first kappa shape index (κ1) is 23.4. The second kappa shape index (κ2) is 9.00. The van der Waals surface area contributed by atoms with E-state index in [0.29, 0.717) is 21.9 Å². The van der Waals surface area contributed by atoms with Gasteiger partial charge < -0.3 is 9.64 Å². The molecule has 1 saturated heterocycles. The molecule has 3 atom stereocenters. The van der Waals surface area contributed by atoms with Gasteiger partial charge in [-0.25, -0.2) is 0 Å². The zero-order valence-corrected chi connectivity index (χ0v) is 20.0. The third-order valence-corrected chi connectivity index (χ3v) is 7.03. The number of nitrogens with zero attached hydrogens (tertiary/aromatic N) is 3. The van der Waals surface area contributed by atoms with E-state index in [9.17, 15) is 20.1 Å². The molecule has 3 aromatic rings. The summed E-state index contributed by atoms with van der Waals surface area (Å²) in [6, 6.07) is 23.9. The molecule has 2 heterocycles. The highest BCUT2D eigenvalue weighted by atomic mass is 35.5. The van der Waals surface area contributed by atoms with Gasteiger partial charge in [0.2, 0.25) is 0 Å². The van der Waals surface area contributed by atoms with Crippen molar-refractivity contribution < 1.29 is 14.3 Å². The van der Waals surface area contributed by atoms with Crippen LogP contribution in [0.25, 0.3) is 6.08 Å². The van der Waals surface area contributed by atoms with Gasteiger partial charge in [-0.2, -0.15) is 10.5 Å². The molecule has 2 aliphatic heterocycles. The van der Waals surface area contributed by atoms with Crippen LogP contribution >= 0.6 is 11.6 Å². The molecule has 0 N–H and O–H groups in total. The Morgan fingerprint density at radius 2 is 1.69 bits per heavy atom. The quantitative estimate of drug-likeness (QED) is 0.269. The van der Waals surface area contributed by atoms with Crippen LogP contribution in [0.2, 0.25) is 5.02 Å². The fourth-order valence-electron chi connectivity index (χ4n) is 5.32. The minimum atomic E-state index is -1.56. The molecule has 7 heteroatoms. The predicted molar refractivity (Wildman–Crippen MR) is 135 cm³/mol. The highest BCUT2D eigenvalue weighted by Crippen LogP contribution is 2.55. The van der Waals surface area contributed by atoms with Gasteiger partial charge in [-0.1, -0.05) is 66.2 Å². The van der Waals surface area contributed by atoms with Crippen LogP contribution in [0, 0.1) is 28.1 Å². The van der Waals surface area contributed by atoms with Crippen molar-refractivity contribution in [2.75, 3.05) is 4.90 Å². The predicted octanol–water partition coefficient (Wildman–Crippen LogP) is 5.55. The lowest BCUT2D eigenvalue weighted by atomic mass is 9.69. The Kier molecular flexibility index (Phi) is 5.84. The Hall–Kier alpha value is -4.39. The topological polar surface area (TPSA) is 94.2 Å². The molecule has 2 aliphatic rings. The van der Waals surface area contributed by atoms with Gasteiger partial charge in [0.05, 0.1) is 18.2 Å². The number of esters is 1. The van der Waals surface area contributed by atoms with Crippen molar-refractivity contribution >= 4 is 35.1 Å². The minimum absolute atomic E-state index is 0.196. The highest BCUT2D eigenvalue weighted by Gasteiger charge is 2.63. The third kappa shape index (κ3) is 3.64. The Bertz CT molecular complexity index is 1450. The number of halogens is 1. The first-order valence-corrected chi connectivity index (χ1v) is 11.7. The van der Waals surface area contributed by atoms with E-state index >= 15 is 0 Å². The largest absolute Gasteiger partial charge is 0.427 e. The van der Waals surface area contributed by atoms with Crippen molar-refractivity contribution in [1.29, 1.82) is 10.5 Å². The number of rotatable bonds is 4. The summed E-state index contributed by atoms with van der Waals surface area (Å²) >= 11 is 6.24. The molecule has 0 amide bonds. The average molecular weight is 494 g/mol. The second-order valence-corrected chi connectivity index (χ2v) is 9.26. The maximum absolute atomic E-state index is 14.1. The molecular weight excluding hydrogens is 474 g/mol. The number of anilines is 1. The first-order valence-electron chi connectivity index (χ1n) is 11.4. The summed E-state index contributed by atoms with van der Waals surface area (Å²) in [5.74, 6) is -1.10. The Morgan fingerprint density at radius 1 is 1.00 bits per heavy atom. The number of ether oxygens (including phenoxy) is 1. The molecule has 0 aliphatic carbocycles. The van der Waals surface area contributed by atoms with Crippen molar-refractivity contribution in [1.82, 2.24) is 0 Å². The lowest BCUT2D eigenvalue weighted by Crippen LogP contribution is -2.44. The number of nitriles is 2. The molecule has 0 radical (unpaired) electrons. The van der Waals surface area contributed by atoms with Crippen LogP contribution in [0.1, 0.15) is 34.3 Å².